The molecule has 118 valence electrons. The van der Waals surface area contributed by atoms with E-state index in [0.717, 1.165) is 18.6 Å². The molecule has 0 bridgehead atoms. The maximum atomic E-state index is 13.0. The molecule has 1 unspecified atom stereocenters. The third-order valence-electron chi connectivity index (χ3n) is 3.08. The van der Waals surface area contributed by atoms with Gasteiger partial charge in [0.1, 0.15) is 0 Å². The number of hydrogen-bond acceptors (Lipinski definition) is 1. The molecule has 1 aromatic rings. The van der Waals surface area contributed by atoms with Gasteiger partial charge in [-0.15, -0.1) is 0 Å². The fourth-order valence-electron chi connectivity index (χ4n) is 2.54. The van der Waals surface area contributed by atoms with Crippen molar-refractivity contribution < 1.29 is 18.0 Å². The van der Waals surface area contributed by atoms with Crippen molar-refractivity contribution in [3.05, 3.63) is 34.3 Å². The second kappa shape index (κ2) is 6.39. The van der Waals surface area contributed by atoms with Crippen LogP contribution in [0, 0.1) is 11.3 Å². The third kappa shape index (κ3) is 5.70. The van der Waals surface area contributed by atoms with E-state index >= 15 is 0 Å². The third-order valence-corrected chi connectivity index (χ3v) is 3.32. The quantitative estimate of drug-likeness (QED) is 0.621. The van der Waals surface area contributed by atoms with E-state index in [1.165, 1.54) is 6.07 Å². The van der Waals surface area contributed by atoms with Crippen molar-refractivity contribution in [1.29, 1.82) is 0 Å². The molecule has 0 aromatic heterocycles. The Morgan fingerprint density at radius 3 is 2.29 bits per heavy atom. The fraction of sp³-hybridized carbons (Fsp3) is 0.562. The van der Waals surface area contributed by atoms with E-state index in [0.29, 0.717) is 0 Å². The second-order valence-corrected chi connectivity index (χ2v) is 7.12. The van der Waals surface area contributed by atoms with E-state index in [-0.39, 0.29) is 28.3 Å². The van der Waals surface area contributed by atoms with Crippen LogP contribution in [-0.2, 0) is 6.18 Å². The molecule has 0 N–H and O–H groups in total. The molecular weight excluding hydrogens is 301 g/mol. The van der Waals surface area contributed by atoms with Gasteiger partial charge in [-0.25, -0.2) is 0 Å². The molecule has 0 aliphatic carbocycles. The van der Waals surface area contributed by atoms with Gasteiger partial charge in [0.05, 0.1) is 5.56 Å². The number of Topliss-reactive ketones (excluding diaryl/α,β-unsaturated/α-hetero) is 1. The standard InChI is InChI=1S/C16H20ClF3O/c1-10(9-15(2,3)4)7-14(21)12-6-5-11(17)8-13(12)16(18,19)20/h5-6,8,10H,7,9H2,1-4H3. The molecule has 21 heavy (non-hydrogen) atoms. The molecular formula is C16H20ClF3O. The Balaban J connectivity index is 2.98. The second-order valence-electron chi connectivity index (χ2n) is 6.68. The van der Waals surface area contributed by atoms with Gasteiger partial charge < -0.3 is 0 Å². The molecule has 0 heterocycles. The summed E-state index contributed by atoms with van der Waals surface area (Å²) in [6, 6.07) is 3.29. The summed E-state index contributed by atoms with van der Waals surface area (Å²) in [4.78, 5) is 12.2. The van der Waals surface area contributed by atoms with E-state index < -0.39 is 17.5 Å². The lowest BCUT2D eigenvalue weighted by Gasteiger charge is -2.23. The van der Waals surface area contributed by atoms with Crippen LogP contribution in [0.1, 0.15) is 56.5 Å². The Labute approximate surface area is 128 Å². The van der Waals surface area contributed by atoms with Gasteiger partial charge in [-0.3, -0.25) is 4.79 Å². The summed E-state index contributed by atoms with van der Waals surface area (Å²) < 4.78 is 39.0. The fourth-order valence-corrected chi connectivity index (χ4v) is 2.71. The molecule has 1 nitrogen and oxygen atoms in total. The highest BCUT2D eigenvalue weighted by Gasteiger charge is 2.35. The molecule has 5 heteroatoms. The zero-order chi connectivity index (χ0) is 16.4. The van der Waals surface area contributed by atoms with Gasteiger partial charge in [-0.2, -0.15) is 13.2 Å². The number of alkyl halides is 3. The first-order valence-electron chi connectivity index (χ1n) is 6.80. The summed E-state index contributed by atoms with van der Waals surface area (Å²) in [5.74, 6) is -0.468. The van der Waals surface area contributed by atoms with Gasteiger partial charge in [0.2, 0.25) is 0 Å². The number of rotatable bonds is 4. The maximum absolute atomic E-state index is 13.0. The molecule has 0 radical (unpaired) electrons. The first-order chi connectivity index (χ1) is 9.40. The number of carbonyl (C=O) groups excluding carboxylic acids is 1. The Bertz CT molecular complexity index is 515. The van der Waals surface area contributed by atoms with Crippen LogP contribution in [0.15, 0.2) is 18.2 Å². The summed E-state index contributed by atoms with van der Waals surface area (Å²) >= 11 is 5.61. The lowest BCUT2D eigenvalue weighted by Crippen LogP contribution is -2.17. The van der Waals surface area contributed by atoms with Crippen LogP contribution in [0.2, 0.25) is 5.02 Å². The van der Waals surface area contributed by atoms with Crippen LogP contribution in [0.4, 0.5) is 13.2 Å². The van der Waals surface area contributed by atoms with Crippen molar-refractivity contribution in [1.82, 2.24) is 0 Å². The smallest absolute Gasteiger partial charge is 0.294 e. The molecule has 0 fully saturated rings. The van der Waals surface area contributed by atoms with Gasteiger partial charge in [-0.1, -0.05) is 39.3 Å². The largest absolute Gasteiger partial charge is 0.417 e. The highest BCUT2D eigenvalue weighted by molar-refractivity contribution is 6.30. The molecule has 0 aliphatic rings. The van der Waals surface area contributed by atoms with Gasteiger partial charge in [0.15, 0.2) is 5.78 Å². The molecule has 0 spiro atoms. The van der Waals surface area contributed by atoms with Crippen molar-refractivity contribution in [2.75, 3.05) is 0 Å². The average Bonchev–Trinajstić information content (AvgIpc) is 2.24. The monoisotopic (exact) mass is 320 g/mol. The van der Waals surface area contributed by atoms with E-state index in [4.69, 9.17) is 11.6 Å². The summed E-state index contributed by atoms with van der Waals surface area (Å²) in [5.41, 5.74) is -1.22. The van der Waals surface area contributed by atoms with Crippen LogP contribution in [0.5, 0.6) is 0 Å². The number of hydrogen-bond donors (Lipinski definition) is 0. The topological polar surface area (TPSA) is 17.1 Å². The summed E-state index contributed by atoms with van der Waals surface area (Å²) in [5, 5.41) is -0.0263. The van der Waals surface area contributed by atoms with Crippen molar-refractivity contribution in [3.63, 3.8) is 0 Å². The van der Waals surface area contributed by atoms with Crippen LogP contribution in [0.3, 0.4) is 0 Å². The Hall–Kier alpha value is -1.03. The van der Waals surface area contributed by atoms with Gasteiger partial charge in [-0.05, 0) is 36.0 Å². The summed E-state index contributed by atoms with van der Waals surface area (Å²) in [6.45, 7) is 8.00. The molecule has 1 aromatic carbocycles. The molecule has 1 atom stereocenters. The van der Waals surface area contributed by atoms with Crippen molar-refractivity contribution in [2.45, 2.75) is 46.7 Å². The maximum Gasteiger partial charge on any atom is 0.417 e. The Morgan fingerprint density at radius 2 is 1.81 bits per heavy atom. The predicted molar refractivity (Wildman–Crippen MR) is 78.6 cm³/mol. The van der Waals surface area contributed by atoms with Crippen LogP contribution < -0.4 is 0 Å². The van der Waals surface area contributed by atoms with Crippen LogP contribution in [0.25, 0.3) is 0 Å². The minimum absolute atomic E-state index is 0.0225. The van der Waals surface area contributed by atoms with E-state index in [2.05, 4.69) is 0 Å². The minimum atomic E-state index is -4.58. The zero-order valence-corrected chi connectivity index (χ0v) is 13.4. The molecule has 0 amide bonds. The normalized spacial score (nSPS) is 14.1. The van der Waals surface area contributed by atoms with E-state index in [9.17, 15) is 18.0 Å². The zero-order valence-electron chi connectivity index (χ0n) is 12.6. The number of ketones is 1. The van der Waals surface area contributed by atoms with Crippen molar-refractivity contribution in [3.8, 4) is 0 Å². The van der Waals surface area contributed by atoms with Gasteiger partial charge in [0.25, 0.3) is 0 Å². The predicted octanol–water partition coefficient (Wildman–Crippen LogP) is 6.00. The van der Waals surface area contributed by atoms with Gasteiger partial charge >= 0.3 is 6.18 Å². The highest BCUT2D eigenvalue weighted by Crippen LogP contribution is 2.35. The minimum Gasteiger partial charge on any atom is -0.294 e. The average molecular weight is 321 g/mol. The van der Waals surface area contributed by atoms with Crippen LogP contribution in [-0.4, -0.2) is 5.78 Å². The summed E-state index contributed by atoms with van der Waals surface area (Å²) in [6.07, 6.45) is -3.71. The Kier molecular flexibility index (Phi) is 5.48. The van der Waals surface area contributed by atoms with Crippen molar-refractivity contribution in [2.24, 2.45) is 11.3 Å². The van der Waals surface area contributed by atoms with E-state index in [1.807, 2.05) is 27.7 Å². The SMILES string of the molecule is CC(CC(=O)c1ccc(Cl)cc1C(F)(F)F)CC(C)(C)C. The lowest BCUT2D eigenvalue weighted by atomic mass is 9.82. The molecule has 0 aliphatic heterocycles. The highest BCUT2D eigenvalue weighted by atomic mass is 35.5. The first-order valence-corrected chi connectivity index (χ1v) is 7.18. The number of benzene rings is 1. The van der Waals surface area contributed by atoms with Crippen LogP contribution >= 0.6 is 11.6 Å². The first kappa shape index (κ1) is 18.0. The van der Waals surface area contributed by atoms with Gasteiger partial charge in [0, 0.05) is 17.0 Å². The summed E-state index contributed by atoms with van der Waals surface area (Å²) in [7, 11) is 0. The molecule has 0 saturated carbocycles. The molecule has 0 saturated heterocycles. The lowest BCUT2D eigenvalue weighted by molar-refractivity contribution is -0.137. The molecule has 1 rings (SSSR count). The van der Waals surface area contributed by atoms with Crippen molar-refractivity contribution >= 4 is 17.4 Å². The number of carbonyl (C=O) groups is 1. The number of halogens is 4. The van der Waals surface area contributed by atoms with E-state index in [1.54, 1.807) is 0 Å². The Morgan fingerprint density at radius 1 is 1.24 bits per heavy atom.